The zero-order valence-electron chi connectivity index (χ0n) is 12.2. The van der Waals surface area contributed by atoms with Crippen molar-refractivity contribution in [2.45, 2.75) is 6.42 Å². The molecule has 0 saturated carbocycles. The van der Waals surface area contributed by atoms with Gasteiger partial charge in [-0.3, -0.25) is 4.79 Å². The standard InChI is InChI=1S/C17H18ClNO2/c1-19(17(20)14-5-7-15(18)8-6-14)12-11-13-3-9-16(21-2)10-4-13/h3-10H,11-12H2,1-2H3. The smallest absolute Gasteiger partial charge is 0.253 e. The first-order chi connectivity index (χ1) is 10.1. The van der Waals surface area contributed by atoms with Gasteiger partial charge >= 0.3 is 0 Å². The molecule has 4 heteroatoms. The Balaban J connectivity index is 1.92. The SMILES string of the molecule is COc1ccc(CCN(C)C(=O)c2ccc(Cl)cc2)cc1. The molecule has 0 aliphatic rings. The van der Waals surface area contributed by atoms with Gasteiger partial charge in [-0.2, -0.15) is 0 Å². The Bertz CT molecular complexity index is 593. The lowest BCUT2D eigenvalue weighted by Crippen LogP contribution is -2.28. The maximum atomic E-state index is 12.2. The van der Waals surface area contributed by atoms with Gasteiger partial charge in [0.1, 0.15) is 5.75 Å². The van der Waals surface area contributed by atoms with Gasteiger partial charge in [0.25, 0.3) is 5.91 Å². The molecule has 0 aromatic heterocycles. The molecule has 0 spiro atoms. The molecule has 0 heterocycles. The van der Waals surface area contributed by atoms with Crippen LogP contribution in [0.5, 0.6) is 5.75 Å². The number of amides is 1. The van der Waals surface area contributed by atoms with Crippen LogP contribution >= 0.6 is 11.6 Å². The van der Waals surface area contributed by atoms with Crippen LogP contribution in [-0.4, -0.2) is 31.5 Å². The molecule has 2 aromatic rings. The van der Waals surface area contributed by atoms with E-state index in [0.29, 0.717) is 17.1 Å². The van der Waals surface area contributed by atoms with E-state index in [1.54, 1.807) is 43.3 Å². The second-order valence-corrected chi connectivity index (χ2v) is 5.27. The summed E-state index contributed by atoms with van der Waals surface area (Å²) >= 11 is 5.83. The van der Waals surface area contributed by atoms with E-state index in [2.05, 4.69) is 0 Å². The molecule has 0 aliphatic carbocycles. The van der Waals surface area contributed by atoms with Crippen LogP contribution in [0.15, 0.2) is 48.5 Å². The molecule has 0 fully saturated rings. The number of nitrogens with zero attached hydrogens (tertiary/aromatic N) is 1. The summed E-state index contributed by atoms with van der Waals surface area (Å²) in [6.07, 6.45) is 0.805. The first-order valence-corrected chi connectivity index (χ1v) is 7.12. The van der Waals surface area contributed by atoms with E-state index in [1.807, 2.05) is 24.3 Å². The van der Waals surface area contributed by atoms with Gasteiger partial charge in [0.2, 0.25) is 0 Å². The quantitative estimate of drug-likeness (QED) is 0.843. The van der Waals surface area contributed by atoms with Crippen molar-refractivity contribution in [3.63, 3.8) is 0 Å². The van der Waals surface area contributed by atoms with Gasteiger partial charge in [0, 0.05) is 24.2 Å². The third-order valence-electron chi connectivity index (χ3n) is 3.33. The Labute approximate surface area is 130 Å². The first-order valence-electron chi connectivity index (χ1n) is 6.74. The third kappa shape index (κ3) is 4.23. The van der Waals surface area contributed by atoms with Crippen molar-refractivity contribution in [2.24, 2.45) is 0 Å². The number of carbonyl (C=O) groups is 1. The van der Waals surface area contributed by atoms with Crippen LogP contribution in [0, 0.1) is 0 Å². The van der Waals surface area contributed by atoms with Gasteiger partial charge < -0.3 is 9.64 Å². The molecule has 2 rings (SSSR count). The van der Waals surface area contributed by atoms with Gasteiger partial charge in [-0.15, -0.1) is 0 Å². The van der Waals surface area contributed by atoms with Gasteiger partial charge in [0.05, 0.1) is 7.11 Å². The number of rotatable bonds is 5. The molecule has 110 valence electrons. The average Bonchev–Trinajstić information content (AvgIpc) is 2.53. The first kappa shape index (κ1) is 15.4. The highest BCUT2D eigenvalue weighted by Crippen LogP contribution is 2.13. The van der Waals surface area contributed by atoms with Crippen molar-refractivity contribution in [2.75, 3.05) is 20.7 Å². The molecular weight excluding hydrogens is 286 g/mol. The minimum absolute atomic E-state index is 0.000165. The molecule has 3 nitrogen and oxygen atoms in total. The molecule has 0 aliphatic heterocycles. The van der Waals surface area contributed by atoms with E-state index in [0.717, 1.165) is 12.2 Å². The fourth-order valence-electron chi connectivity index (χ4n) is 2.00. The number of likely N-dealkylation sites (N-methyl/N-ethyl adjacent to an activating group) is 1. The van der Waals surface area contributed by atoms with Crippen molar-refractivity contribution in [1.29, 1.82) is 0 Å². The number of methoxy groups -OCH3 is 1. The van der Waals surface area contributed by atoms with E-state index < -0.39 is 0 Å². The molecule has 0 radical (unpaired) electrons. The number of hydrogen-bond donors (Lipinski definition) is 0. The Hall–Kier alpha value is -2.00. The average molecular weight is 304 g/mol. The summed E-state index contributed by atoms with van der Waals surface area (Å²) < 4.78 is 5.13. The number of benzene rings is 2. The molecule has 21 heavy (non-hydrogen) atoms. The lowest BCUT2D eigenvalue weighted by Gasteiger charge is -2.17. The van der Waals surface area contributed by atoms with Crippen molar-refractivity contribution in [3.05, 3.63) is 64.7 Å². The fourth-order valence-corrected chi connectivity index (χ4v) is 2.13. The molecule has 0 atom stereocenters. The van der Waals surface area contributed by atoms with Crippen LogP contribution < -0.4 is 4.74 Å². The monoisotopic (exact) mass is 303 g/mol. The summed E-state index contributed by atoms with van der Waals surface area (Å²) in [5.74, 6) is 0.838. The molecule has 0 unspecified atom stereocenters. The van der Waals surface area contributed by atoms with Crippen LogP contribution in [-0.2, 0) is 6.42 Å². The summed E-state index contributed by atoms with van der Waals surface area (Å²) in [4.78, 5) is 14.0. The van der Waals surface area contributed by atoms with Crippen LogP contribution in [0.25, 0.3) is 0 Å². The van der Waals surface area contributed by atoms with Crippen LogP contribution in [0.1, 0.15) is 15.9 Å². The highest BCUT2D eigenvalue weighted by molar-refractivity contribution is 6.30. The van der Waals surface area contributed by atoms with Crippen LogP contribution in [0.2, 0.25) is 5.02 Å². The Morgan fingerprint density at radius 2 is 1.71 bits per heavy atom. The van der Waals surface area contributed by atoms with Crippen molar-refractivity contribution < 1.29 is 9.53 Å². The summed E-state index contributed by atoms with van der Waals surface area (Å²) in [5, 5.41) is 0.632. The van der Waals surface area contributed by atoms with E-state index in [9.17, 15) is 4.79 Å². The molecule has 0 N–H and O–H groups in total. The van der Waals surface area contributed by atoms with Gasteiger partial charge in [-0.25, -0.2) is 0 Å². The second kappa shape index (κ2) is 7.14. The lowest BCUT2D eigenvalue weighted by atomic mass is 10.1. The Kier molecular flexibility index (Phi) is 5.23. The van der Waals surface area contributed by atoms with Gasteiger partial charge in [0.15, 0.2) is 0 Å². The summed E-state index contributed by atoms with van der Waals surface area (Å²) in [6, 6.07) is 14.8. The van der Waals surface area contributed by atoms with Crippen LogP contribution in [0.4, 0.5) is 0 Å². The zero-order valence-corrected chi connectivity index (χ0v) is 12.9. The predicted octanol–water partition coefficient (Wildman–Crippen LogP) is 3.66. The molecular formula is C17H18ClNO2. The largest absolute Gasteiger partial charge is 0.497 e. The van der Waals surface area contributed by atoms with E-state index in [4.69, 9.17) is 16.3 Å². The number of hydrogen-bond acceptors (Lipinski definition) is 2. The number of halogens is 1. The second-order valence-electron chi connectivity index (χ2n) is 4.83. The van der Waals surface area contributed by atoms with Crippen molar-refractivity contribution >= 4 is 17.5 Å². The molecule has 1 amide bonds. The lowest BCUT2D eigenvalue weighted by molar-refractivity contribution is 0.0796. The number of ether oxygens (including phenoxy) is 1. The normalized spacial score (nSPS) is 10.2. The minimum Gasteiger partial charge on any atom is -0.497 e. The topological polar surface area (TPSA) is 29.5 Å². The maximum Gasteiger partial charge on any atom is 0.253 e. The van der Waals surface area contributed by atoms with Crippen molar-refractivity contribution in [3.8, 4) is 5.75 Å². The highest BCUT2D eigenvalue weighted by atomic mass is 35.5. The molecule has 2 aromatic carbocycles. The summed E-state index contributed by atoms with van der Waals surface area (Å²) in [5.41, 5.74) is 1.82. The summed E-state index contributed by atoms with van der Waals surface area (Å²) in [7, 11) is 3.45. The molecule has 0 bridgehead atoms. The van der Waals surface area contributed by atoms with E-state index >= 15 is 0 Å². The summed E-state index contributed by atoms with van der Waals surface area (Å²) in [6.45, 7) is 0.661. The third-order valence-corrected chi connectivity index (χ3v) is 3.58. The van der Waals surface area contributed by atoms with E-state index in [1.165, 1.54) is 5.56 Å². The zero-order chi connectivity index (χ0) is 15.2. The highest BCUT2D eigenvalue weighted by Gasteiger charge is 2.11. The number of carbonyl (C=O) groups excluding carboxylic acids is 1. The minimum atomic E-state index is 0.000165. The van der Waals surface area contributed by atoms with Crippen molar-refractivity contribution in [1.82, 2.24) is 4.90 Å². The predicted molar refractivity (Wildman–Crippen MR) is 85.1 cm³/mol. The van der Waals surface area contributed by atoms with Gasteiger partial charge in [-0.05, 0) is 48.4 Å². The maximum absolute atomic E-state index is 12.2. The van der Waals surface area contributed by atoms with E-state index in [-0.39, 0.29) is 5.91 Å². The van der Waals surface area contributed by atoms with Crippen LogP contribution in [0.3, 0.4) is 0 Å². The Morgan fingerprint density at radius 1 is 1.10 bits per heavy atom. The van der Waals surface area contributed by atoms with Gasteiger partial charge in [-0.1, -0.05) is 23.7 Å². The molecule has 0 saturated heterocycles. The fraction of sp³-hybridized carbons (Fsp3) is 0.235. The Morgan fingerprint density at radius 3 is 2.29 bits per heavy atom.